The summed E-state index contributed by atoms with van der Waals surface area (Å²) in [4.78, 5) is 75.1. The second-order valence-electron chi connectivity index (χ2n) is 12.6. The Bertz CT molecular complexity index is 1970. The number of amides is 6. The summed E-state index contributed by atoms with van der Waals surface area (Å²) >= 11 is 0. The molecule has 238 valence electrons. The van der Waals surface area contributed by atoms with Crippen LogP contribution in [0.25, 0.3) is 22.2 Å². The maximum atomic E-state index is 13.6. The van der Waals surface area contributed by atoms with Crippen molar-refractivity contribution in [2.24, 2.45) is 5.92 Å². The number of carbonyl (C=O) groups excluding carboxylic acids is 5. The van der Waals surface area contributed by atoms with Crippen LogP contribution in [0.2, 0.25) is 0 Å². The van der Waals surface area contributed by atoms with E-state index in [2.05, 4.69) is 25.4 Å². The molecule has 13 nitrogen and oxygen atoms in total. The molecule has 0 aliphatic carbocycles. The van der Waals surface area contributed by atoms with E-state index >= 15 is 0 Å². The van der Waals surface area contributed by atoms with Gasteiger partial charge in [-0.3, -0.25) is 39.4 Å². The van der Waals surface area contributed by atoms with Gasteiger partial charge in [0.25, 0.3) is 11.8 Å². The summed E-state index contributed by atoms with van der Waals surface area (Å²) in [5, 5.41) is 10.1. The number of anilines is 2. The highest BCUT2D eigenvalue weighted by Crippen LogP contribution is 2.34. The van der Waals surface area contributed by atoms with E-state index < -0.39 is 29.7 Å². The van der Waals surface area contributed by atoms with Crippen LogP contribution in [0.5, 0.6) is 0 Å². The smallest absolute Gasteiger partial charge is 0.324 e. The summed E-state index contributed by atoms with van der Waals surface area (Å²) in [6.45, 7) is 3.60. The maximum Gasteiger partial charge on any atom is 0.324 e. The van der Waals surface area contributed by atoms with Gasteiger partial charge in [0, 0.05) is 67.7 Å². The number of aromatic amines is 1. The molecule has 3 saturated heterocycles. The van der Waals surface area contributed by atoms with Crippen molar-refractivity contribution in [2.45, 2.75) is 31.7 Å². The average molecular weight is 633 g/mol. The summed E-state index contributed by atoms with van der Waals surface area (Å²) in [5.74, 6) is -1.65. The van der Waals surface area contributed by atoms with E-state index in [0.717, 1.165) is 70.9 Å². The molecule has 2 aromatic heterocycles. The first-order valence-corrected chi connectivity index (χ1v) is 15.9. The monoisotopic (exact) mass is 632 g/mol. The zero-order chi connectivity index (χ0) is 32.2. The van der Waals surface area contributed by atoms with Crippen LogP contribution in [-0.2, 0) is 9.59 Å². The molecule has 4 aliphatic rings. The average Bonchev–Trinajstić information content (AvgIpc) is 3.62. The third-order valence-corrected chi connectivity index (χ3v) is 9.65. The van der Waals surface area contributed by atoms with E-state index in [-0.39, 0.29) is 30.0 Å². The van der Waals surface area contributed by atoms with Crippen molar-refractivity contribution in [3.05, 3.63) is 72.1 Å². The molecule has 8 rings (SSSR count). The molecular formula is C34H32N8O5. The van der Waals surface area contributed by atoms with Gasteiger partial charge in [0.2, 0.25) is 11.8 Å². The van der Waals surface area contributed by atoms with Crippen molar-refractivity contribution in [2.75, 3.05) is 42.5 Å². The number of urea groups is 1. The number of rotatable bonds is 7. The Balaban J connectivity index is 0.878. The number of fused-ring (bicyclic) bond motifs is 2. The summed E-state index contributed by atoms with van der Waals surface area (Å²) in [7, 11) is 0. The summed E-state index contributed by atoms with van der Waals surface area (Å²) < 4.78 is 0. The fourth-order valence-corrected chi connectivity index (χ4v) is 7.03. The van der Waals surface area contributed by atoms with Crippen molar-refractivity contribution in [3.63, 3.8) is 0 Å². The Morgan fingerprint density at radius 3 is 2.55 bits per heavy atom. The van der Waals surface area contributed by atoms with Crippen LogP contribution in [0.3, 0.4) is 0 Å². The number of nitrogens with zero attached hydrogens (tertiary/aromatic N) is 6. The molecule has 6 heterocycles. The van der Waals surface area contributed by atoms with Gasteiger partial charge in [0.1, 0.15) is 6.04 Å². The quantitative estimate of drug-likeness (QED) is 0.295. The van der Waals surface area contributed by atoms with Crippen molar-refractivity contribution < 1.29 is 24.0 Å². The predicted octanol–water partition coefficient (Wildman–Crippen LogP) is 3.18. The standard InChI is InChI=1S/C34H32N8O5/c43-29-8-7-28(31(44)37-29)42-32(45)26-6-5-24(15-27(26)33(42)46)40-18-20(19-40)9-12-39-10-2-11-41(34(39)47)25-4-1-3-21(14-25)22-13-23-17-36-38-30(23)35-16-22/h1,3-6,13-17,20,28H,2,7-12,18-19H2,(H,35,36,38)(H,37,43,44). The predicted molar refractivity (Wildman–Crippen MR) is 172 cm³/mol. The fourth-order valence-electron chi connectivity index (χ4n) is 7.03. The molecule has 0 radical (unpaired) electrons. The van der Waals surface area contributed by atoms with Gasteiger partial charge < -0.3 is 9.80 Å². The van der Waals surface area contributed by atoms with Gasteiger partial charge in [-0.1, -0.05) is 12.1 Å². The van der Waals surface area contributed by atoms with Crippen molar-refractivity contribution in [1.82, 2.24) is 30.3 Å². The molecule has 0 bridgehead atoms. The van der Waals surface area contributed by atoms with Gasteiger partial charge in [0.05, 0.1) is 17.3 Å². The van der Waals surface area contributed by atoms with Crippen LogP contribution in [-0.4, -0.2) is 93.4 Å². The molecule has 1 unspecified atom stereocenters. The van der Waals surface area contributed by atoms with Crippen LogP contribution in [0.1, 0.15) is 46.4 Å². The van der Waals surface area contributed by atoms with Crippen molar-refractivity contribution >= 4 is 52.1 Å². The molecule has 13 heteroatoms. The van der Waals surface area contributed by atoms with Crippen LogP contribution >= 0.6 is 0 Å². The number of H-pyrrole nitrogens is 1. The number of pyridine rings is 1. The molecule has 0 spiro atoms. The van der Waals surface area contributed by atoms with E-state index in [1.165, 1.54) is 0 Å². The number of hydrogen-bond donors (Lipinski definition) is 2. The highest BCUT2D eigenvalue weighted by Gasteiger charge is 2.45. The van der Waals surface area contributed by atoms with Gasteiger partial charge in [-0.15, -0.1) is 0 Å². The Hall–Kier alpha value is -5.59. The number of nitrogens with one attached hydrogen (secondary N) is 2. The second-order valence-corrected chi connectivity index (χ2v) is 12.6. The van der Waals surface area contributed by atoms with Crippen LogP contribution in [0.15, 0.2) is 60.9 Å². The molecule has 0 saturated carbocycles. The Labute approximate surface area is 269 Å². The number of aromatic nitrogens is 3. The zero-order valence-corrected chi connectivity index (χ0v) is 25.5. The van der Waals surface area contributed by atoms with E-state index in [1.54, 1.807) is 18.3 Å². The lowest BCUT2D eigenvalue weighted by atomic mass is 9.94. The number of carbonyl (C=O) groups is 5. The lowest BCUT2D eigenvalue weighted by Gasteiger charge is -2.43. The molecule has 2 aromatic carbocycles. The molecular weight excluding hydrogens is 600 g/mol. The molecule has 4 aromatic rings. The van der Waals surface area contributed by atoms with Crippen LogP contribution < -0.4 is 15.1 Å². The maximum absolute atomic E-state index is 13.6. The van der Waals surface area contributed by atoms with Gasteiger partial charge in [-0.25, -0.2) is 9.78 Å². The van der Waals surface area contributed by atoms with Gasteiger partial charge in [-0.05, 0) is 67.1 Å². The zero-order valence-electron chi connectivity index (χ0n) is 25.5. The van der Waals surface area contributed by atoms with E-state index in [4.69, 9.17) is 0 Å². The topological polar surface area (TPSA) is 152 Å². The normalized spacial score (nSPS) is 20.3. The largest absolute Gasteiger partial charge is 0.371 e. The lowest BCUT2D eigenvalue weighted by Crippen LogP contribution is -2.54. The minimum Gasteiger partial charge on any atom is -0.371 e. The molecule has 6 amide bonds. The number of imide groups is 2. The van der Waals surface area contributed by atoms with E-state index in [1.807, 2.05) is 52.4 Å². The second kappa shape index (κ2) is 11.3. The highest BCUT2D eigenvalue weighted by molar-refractivity contribution is 6.23. The van der Waals surface area contributed by atoms with Crippen molar-refractivity contribution in [1.29, 1.82) is 0 Å². The molecule has 47 heavy (non-hydrogen) atoms. The third-order valence-electron chi connectivity index (χ3n) is 9.65. The lowest BCUT2D eigenvalue weighted by molar-refractivity contribution is -0.136. The summed E-state index contributed by atoms with van der Waals surface area (Å²) in [6, 6.07) is 14.3. The number of benzene rings is 2. The first-order valence-electron chi connectivity index (χ1n) is 15.9. The minimum atomic E-state index is -0.982. The van der Waals surface area contributed by atoms with Gasteiger partial charge >= 0.3 is 6.03 Å². The Kier molecular flexibility index (Phi) is 6.96. The first kappa shape index (κ1) is 28.9. The minimum absolute atomic E-state index is 0.00959. The van der Waals surface area contributed by atoms with Crippen LogP contribution in [0, 0.1) is 5.92 Å². The van der Waals surface area contributed by atoms with Crippen molar-refractivity contribution in [3.8, 4) is 11.1 Å². The fraction of sp³-hybridized carbons (Fsp3) is 0.324. The summed E-state index contributed by atoms with van der Waals surface area (Å²) in [5.41, 5.74) is 4.94. The van der Waals surface area contributed by atoms with E-state index in [9.17, 15) is 24.0 Å². The molecule has 3 fully saturated rings. The van der Waals surface area contributed by atoms with Crippen LogP contribution in [0.4, 0.5) is 16.2 Å². The van der Waals surface area contributed by atoms with E-state index in [0.29, 0.717) is 19.0 Å². The number of hydrogen-bond acceptors (Lipinski definition) is 8. The SMILES string of the molecule is O=C1CCC(N2C(=O)c3ccc(N4CC(CCN5CCCN(c6cccc(-c7cnc8[nH]ncc8c7)c6)C5=O)C4)cc3C2=O)C(=O)N1. The Morgan fingerprint density at radius 2 is 1.70 bits per heavy atom. The third kappa shape index (κ3) is 5.07. The number of piperidine rings is 1. The van der Waals surface area contributed by atoms with Gasteiger partial charge in [0.15, 0.2) is 5.65 Å². The van der Waals surface area contributed by atoms with Gasteiger partial charge in [-0.2, -0.15) is 5.10 Å². The Morgan fingerprint density at radius 1 is 0.851 bits per heavy atom. The molecule has 2 N–H and O–H groups in total. The molecule has 1 atom stereocenters. The highest BCUT2D eigenvalue weighted by atomic mass is 16.2. The first-order chi connectivity index (χ1) is 22.8. The molecule has 4 aliphatic heterocycles. The summed E-state index contributed by atoms with van der Waals surface area (Å²) in [6.07, 6.45) is 5.51.